The number of carboxylic acid groups (broad SMARTS) is 1. The molecule has 0 saturated heterocycles. The number of imidazole rings is 1. The van der Waals surface area contributed by atoms with Gasteiger partial charge in [-0.1, -0.05) is 6.07 Å². The predicted molar refractivity (Wildman–Crippen MR) is 92.9 cm³/mol. The maximum atomic E-state index is 11.5. The Bertz CT molecular complexity index is 948. The Morgan fingerprint density at radius 3 is 3.08 bits per heavy atom. The predicted octanol–water partition coefficient (Wildman–Crippen LogP) is 2.74. The van der Waals surface area contributed by atoms with Crippen LogP contribution in [0.15, 0.2) is 42.7 Å². The Labute approximate surface area is 145 Å². The Morgan fingerprint density at radius 1 is 1.36 bits per heavy atom. The van der Waals surface area contributed by atoms with Gasteiger partial charge in [0.25, 0.3) is 0 Å². The van der Waals surface area contributed by atoms with Gasteiger partial charge >= 0.3 is 5.97 Å². The van der Waals surface area contributed by atoms with Gasteiger partial charge in [-0.3, -0.25) is 4.90 Å². The highest BCUT2D eigenvalue weighted by atomic mass is 16.5. The quantitative estimate of drug-likeness (QED) is 0.796. The van der Waals surface area contributed by atoms with Gasteiger partial charge in [-0.05, 0) is 36.8 Å². The number of nitrogens with zero attached hydrogens (tertiary/aromatic N) is 3. The highest BCUT2D eigenvalue weighted by Gasteiger charge is 2.22. The highest BCUT2D eigenvalue weighted by Crippen LogP contribution is 2.27. The van der Waals surface area contributed by atoms with E-state index in [4.69, 9.17) is 4.74 Å². The van der Waals surface area contributed by atoms with Crippen LogP contribution in [0.2, 0.25) is 0 Å². The van der Waals surface area contributed by atoms with Crippen molar-refractivity contribution in [3.8, 4) is 5.75 Å². The molecule has 0 amide bonds. The molecule has 6 heteroatoms. The number of carboxylic acids is 1. The van der Waals surface area contributed by atoms with Crippen molar-refractivity contribution < 1.29 is 14.6 Å². The minimum atomic E-state index is -0.924. The molecular weight excluding hydrogens is 318 g/mol. The van der Waals surface area contributed by atoms with E-state index in [9.17, 15) is 9.90 Å². The summed E-state index contributed by atoms with van der Waals surface area (Å²) >= 11 is 0. The molecule has 1 aliphatic heterocycles. The SMILES string of the molecule is Cc1ccn2c(CN3CCOc4cccc(C(=O)O)c4C3)cnc2c1. The number of fused-ring (bicyclic) bond motifs is 2. The minimum absolute atomic E-state index is 0.304. The van der Waals surface area contributed by atoms with Crippen LogP contribution in [-0.2, 0) is 13.1 Å². The van der Waals surface area contributed by atoms with Crippen LogP contribution in [-0.4, -0.2) is 38.5 Å². The molecule has 4 rings (SSSR count). The smallest absolute Gasteiger partial charge is 0.336 e. The van der Waals surface area contributed by atoms with Crippen molar-refractivity contribution in [2.24, 2.45) is 0 Å². The Hall–Kier alpha value is -2.86. The number of benzene rings is 1. The van der Waals surface area contributed by atoms with Crippen LogP contribution in [0.25, 0.3) is 5.65 Å². The van der Waals surface area contributed by atoms with Crippen LogP contribution in [0.4, 0.5) is 0 Å². The molecule has 0 bridgehead atoms. The number of hydrogen-bond donors (Lipinski definition) is 1. The second-order valence-corrected chi connectivity index (χ2v) is 6.33. The lowest BCUT2D eigenvalue weighted by molar-refractivity contribution is 0.0694. The summed E-state index contributed by atoms with van der Waals surface area (Å²) in [6, 6.07) is 9.30. The third-order valence-corrected chi connectivity index (χ3v) is 4.54. The van der Waals surface area contributed by atoms with Crippen molar-refractivity contribution in [3.05, 3.63) is 65.1 Å². The number of aryl methyl sites for hydroxylation is 1. The van der Waals surface area contributed by atoms with E-state index in [2.05, 4.69) is 20.4 Å². The standard InChI is InChI=1S/C19H19N3O3/c1-13-5-6-22-14(10-20-18(22)9-13)11-21-7-8-25-17-4-2-3-15(19(23)24)16(17)12-21/h2-6,9-10H,7-8,11-12H2,1H3,(H,23,24). The summed E-state index contributed by atoms with van der Waals surface area (Å²) in [5.74, 6) is -0.260. The molecule has 2 aromatic heterocycles. The summed E-state index contributed by atoms with van der Waals surface area (Å²) in [5, 5.41) is 9.45. The zero-order valence-electron chi connectivity index (χ0n) is 14.0. The van der Waals surface area contributed by atoms with Crippen LogP contribution in [0.1, 0.15) is 27.2 Å². The van der Waals surface area contributed by atoms with Gasteiger partial charge in [0, 0.05) is 31.4 Å². The zero-order chi connectivity index (χ0) is 17.4. The third-order valence-electron chi connectivity index (χ3n) is 4.54. The first-order valence-corrected chi connectivity index (χ1v) is 8.25. The molecular formula is C19H19N3O3. The third kappa shape index (κ3) is 2.96. The van der Waals surface area contributed by atoms with Gasteiger partial charge in [0.05, 0.1) is 17.5 Å². The Morgan fingerprint density at radius 2 is 2.24 bits per heavy atom. The van der Waals surface area contributed by atoms with E-state index < -0.39 is 5.97 Å². The minimum Gasteiger partial charge on any atom is -0.492 e. The molecule has 3 aromatic rings. The number of aromatic carboxylic acids is 1. The molecule has 0 aliphatic carbocycles. The molecule has 1 aliphatic rings. The lowest BCUT2D eigenvalue weighted by atomic mass is 10.1. The lowest BCUT2D eigenvalue weighted by Gasteiger charge is -2.19. The van der Waals surface area contributed by atoms with E-state index in [1.54, 1.807) is 12.1 Å². The van der Waals surface area contributed by atoms with Crippen molar-refractivity contribution >= 4 is 11.6 Å². The number of carbonyl (C=O) groups is 1. The van der Waals surface area contributed by atoms with E-state index >= 15 is 0 Å². The molecule has 0 saturated carbocycles. The van der Waals surface area contributed by atoms with Crippen LogP contribution in [0.3, 0.4) is 0 Å². The fraction of sp³-hybridized carbons (Fsp3) is 0.263. The number of pyridine rings is 1. The first-order chi connectivity index (χ1) is 12.1. The van der Waals surface area contributed by atoms with Crippen LogP contribution < -0.4 is 4.74 Å². The highest BCUT2D eigenvalue weighted by molar-refractivity contribution is 5.90. The largest absolute Gasteiger partial charge is 0.492 e. The number of rotatable bonds is 3. The number of hydrogen-bond acceptors (Lipinski definition) is 4. The summed E-state index contributed by atoms with van der Waals surface area (Å²) in [6.07, 6.45) is 3.91. The summed E-state index contributed by atoms with van der Waals surface area (Å²) in [7, 11) is 0. The average molecular weight is 337 g/mol. The summed E-state index contributed by atoms with van der Waals surface area (Å²) in [5.41, 5.74) is 4.21. The zero-order valence-corrected chi connectivity index (χ0v) is 14.0. The molecule has 0 unspecified atom stereocenters. The van der Waals surface area contributed by atoms with Gasteiger partial charge in [0.2, 0.25) is 0 Å². The first kappa shape index (κ1) is 15.7. The molecule has 1 N–H and O–H groups in total. The Kier molecular flexibility index (Phi) is 3.89. The van der Waals surface area contributed by atoms with Crippen LogP contribution >= 0.6 is 0 Å². The fourth-order valence-corrected chi connectivity index (χ4v) is 3.27. The second kappa shape index (κ2) is 6.22. The number of ether oxygens (including phenoxy) is 1. The fourth-order valence-electron chi connectivity index (χ4n) is 3.27. The van der Waals surface area contributed by atoms with Gasteiger partial charge in [-0.2, -0.15) is 0 Å². The topological polar surface area (TPSA) is 67.1 Å². The van der Waals surface area contributed by atoms with Crippen molar-refractivity contribution in [2.75, 3.05) is 13.2 Å². The van der Waals surface area contributed by atoms with Crippen LogP contribution in [0.5, 0.6) is 5.75 Å². The van der Waals surface area contributed by atoms with E-state index in [0.717, 1.165) is 23.4 Å². The monoisotopic (exact) mass is 337 g/mol. The van der Waals surface area contributed by atoms with Gasteiger partial charge in [0.15, 0.2) is 0 Å². The van der Waals surface area contributed by atoms with Crippen LogP contribution in [0, 0.1) is 6.92 Å². The van der Waals surface area contributed by atoms with Crippen molar-refractivity contribution in [1.82, 2.24) is 14.3 Å². The normalized spacial score (nSPS) is 14.8. The molecule has 1 aromatic carbocycles. The summed E-state index contributed by atoms with van der Waals surface area (Å²) in [6.45, 7) is 4.53. The van der Waals surface area contributed by atoms with Crippen molar-refractivity contribution in [3.63, 3.8) is 0 Å². The summed E-state index contributed by atoms with van der Waals surface area (Å²) < 4.78 is 7.84. The van der Waals surface area contributed by atoms with E-state index in [1.165, 1.54) is 5.56 Å². The molecule has 0 radical (unpaired) electrons. The lowest BCUT2D eigenvalue weighted by Crippen LogP contribution is -2.26. The average Bonchev–Trinajstić information content (AvgIpc) is 2.85. The maximum absolute atomic E-state index is 11.5. The van der Waals surface area contributed by atoms with Gasteiger partial charge < -0.3 is 14.2 Å². The molecule has 3 heterocycles. The van der Waals surface area contributed by atoms with E-state index in [1.807, 2.05) is 31.5 Å². The van der Waals surface area contributed by atoms with E-state index in [0.29, 0.717) is 31.0 Å². The van der Waals surface area contributed by atoms with Crippen molar-refractivity contribution in [1.29, 1.82) is 0 Å². The molecule has 0 atom stereocenters. The van der Waals surface area contributed by atoms with E-state index in [-0.39, 0.29) is 0 Å². The van der Waals surface area contributed by atoms with Gasteiger partial charge in [0.1, 0.15) is 18.0 Å². The maximum Gasteiger partial charge on any atom is 0.336 e. The van der Waals surface area contributed by atoms with Gasteiger partial charge in [-0.25, -0.2) is 9.78 Å². The molecule has 6 nitrogen and oxygen atoms in total. The van der Waals surface area contributed by atoms with Crippen molar-refractivity contribution in [2.45, 2.75) is 20.0 Å². The van der Waals surface area contributed by atoms with Gasteiger partial charge in [-0.15, -0.1) is 0 Å². The molecule has 0 fully saturated rings. The number of aromatic nitrogens is 2. The second-order valence-electron chi connectivity index (χ2n) is 6.33. The molecule has 128 valence electrons. The first-order valence-electron chi connectivity index (χ1n) is 8.25. The molecule has 0 spiro atoms. The Balaban J connectivity index is 1.64. The summed E-state index contributed by atoms with van der Waals surface area (Å²) in [4.78, 5) is 18.2. The molecule has 25 heavy (non-hydrogen) atoms.